The summed E-state index contributed by atoms with van der Waals surface area (Å²) in [6.45, 7) is -0.230. The van der Waals surface area contributed by atoms with Gasteiger partial charge in [0, 0.05) is 12.1 Å². The van der Waals surface area contributed by atoms with E-state index in [9.17, 15) is 14.4 Å². The van der Waals surface area contributed by atoms with E-state index in [1.54, 1.807) is 18.2 Å². The quantitative estimate of drug-likeness (QED) is 0.522. The molecule has 6 heteroatoms. The normalized spacial score (nSPS) is 10.5. The highest BCUT2D eigenvalue weighted by molar-refractivity contribution is 6.01. The lowest BCUT2D eigenvalue weighted by atomic mass is 10.0. The van der Waals surface area contributed by atoms with Gasteiger partial charge in [-0.3, -0.25) is 14.4 Å². The molecule has 0 atom stereocenters. The molecule has 6 nitrogen and oxygen atoms in total. The van der Waals surface area contributed by atoms with Crippen LogP contribution in [0.25, 0.3) is 10.8 Å². The number of carbonyl (C=O) groups excluding carboxylic acids is 3. The molecule has 1 heterocycles. The number of benzene rings is 2. The third-order valence-electron chi connectivity index (χ3n) is 3.80. The molecule has 3 aromatic rings. The van der Waals surface area contributed by atoms with Gasteiger partial charge in [-0.15, -0.1) is 0 Å². The molecule has 0 bridgehead atoms. The van der Waals surface area contributed by atoms with Gasteiger partial charge in [-0.05, 0) is 29.0 Å². The predicted molar refractivity (Wildman–Crippen MR) is 94.9 cm³/mol. The van der Waals surface area contributed by atoms with Crippen molar-refractivity contribution in [3.63, 3.8) is 0 Å². The topological polar surface area (TPSA) is 85.6 Å². The van der Waals surface area contributed by atoms with E-state index < -0.39 is 11.9 Å². The van der Waals surface area contributed by atoms with E-state index in [0.717, 1.165) is 10.8 Å². The monoisotopic (exact) mass is 351 g/mol. The summed E-state index contributed by atoms with van der Waals surface area (Å²) in [6.07, 6.45) is 1.36. The standard InChI is InChI=1S/C20H17NO5/c22-17(16-8-7-14-4-1-2-5-15(14)12-16)13-26-19(23)9-10-21-20(24)18-6-3-11-25-18/h1-8,11-12H,9-10,13H2,(H,21,24). The molecule has 1 N–H and O–H groups in total. The van der Waals surface area contributed by atoms with Crippen LogP contribution in [0.3, 0.4) is 0 Å². The predicted octanol–water partition coefficient (Wildman–Crippen LogP) is 2.98. The smallest absolute Gasteiger partial charge is 0.308 e. The maximum atomic E-state index is 12.2. The average Bonchev–Trinajstić information content (AvgIpc) is 3.20. The van der Waals surface area contributed by atoms with Gasteiger partial charge < -0.3 is 14.5 Å². The fourth-order valence-corrected chi connectivity index (χ4v) is 2.44. The molecule has 0 radical (unpaired) electrons. The van der Waals surface area contributed by atoms with Crippen LogP contribution in [-0.2, 0) is 9.53 Å². The van der Waals surface area contributed by atoms with Crippen LogP contribution in [0.2, 0.25) is 0 Å². The lowest BCUT2D eigenvalue weighted by Crippen LogP contribution is -2.26. The molecular weight excluding hydrogens is 334 g/mol. The molecule has 2 aromatic carbocycles. The van der Waals surface area contributed by atoms with Crippen molar-refractivity contribution >= 4 is 28.4 Å². The Kier molecular flexibility index (Phi) is 5.43. The summed E-state index contributed by atoms with van der Waals surface area (Å²) in [6, 6.07) is 16.2. The Morgan fingerprint density at radius 2 is 1.77 bits per heavy atom. The van der Waals surface area contributed by atoms with Crippen molar-refractivity contribution in [3.05, 3.63) is 72.2 Å². The van der Waals surface area contributed by atoms with Crippen molar-refractivity contribution in [3.8, 4) is 0 Å². The Morgan fingerprint density at radius 3 is 2.54 bits per heavy atom. The maximum Gasteiger partial charge on any atom is 0.308 e. The lowest BCUT2D eigenvalue weighted by molar-refractivity contribution is -0.142. The highest BCUT2D eigenvalue weighted by Gasteiger charge is 2.12. The minimum Gasteiger partial charge on any atom is -0.459 e. The number of carbonyl (C=O) groups is 3. The highest BCUT2D eigenvalue weighted by Crippen LogP contribution is 2.16. The first-order valence-corrected chi connectivity index (χ1v) is 8.13. The number of ether oxygens (including phenoxy) is 1. The molecule has 0 spiro atoms. The number of esters is 1. The van der Waals surface area contributed by atoms with E-state index in [1.807, 2.05) is 30.3 Å². The Morgan fingerprint density at radius 1 is 0.962 bits per heavy atom. The molecule has 132 valence electrons. The van der Waals surface area contributed by atoms with Crippen LogP contribution in [0.4, 0.5) is 0 Å². The molecule has 26 heavy (non-hydrogen) atoms. The zero-order valence-corrected chi connectivity index (χ0v) is 13.9. The summed E-state index contributed by atoms with van der Waals surface area (Å²) in [7, 11) is 0. The molecule has 0 unspecified atom stereocenters. The summed E-state index contributed by atoms with van der Waals surface area (Å²) in [5, 5.41) is 4.52. The Hall–Kier alpha value is -3.41. The van der Waals surface area contributed by atoms with Crippen molar-refractivity contribution in [1.82, 2.24) is 5.32 Å². The van der Waals surface area contributed by atoms with Crippen LogP contribution in [0.1, 0.15) is 27.3 Å². The van der Waals surface area contributed by atoms with Gasteiger partial charge in [0.1, 0.15) is 0 Å². The summed E-state index contributed by atoms with van der Waals surface area (Å²) < 4.78 is 9.92. The van der Waals surface area contributed by atoms with Crippen LogP contribution in [0.15, 0.2) is 65.3 Å². The molecule has 0 aliphatic rings. The average molecular weight is 351 g/mol. The van der Waals surface area contributed by atoms with Crippen molar-refractivity contribution in [2.45, 2.75) is 6.42 Å². The Labute approximate surface area is 149 Å². The molecule has 0 saturated heterocycles. The number of hydrogen-bond donors (Lipinski definition) is 1. The molecule has 0 aliphatic carbocycles. The molecule has 0 aliphatic heterocycles. The zero-order valence-electron chi connectivity index (χ0n) is 13.9. The second-order valence-corrected chi connectivity index (χ2v) is 5.63. The van der Waals surface area contributed by atoms with E-state index in [4.69, 9.17) is 9.15 Å². The SMILES string of the molecule is O=C(CCNC(=O)c1ccco1)OCC(=O)c1ccc2ccccc2c1. The first-order valence-electron chi connectivity index (χ1n) is 8.13. The first-order chi connectivity index (χ1) is 12.6. The number of furan rings is 1. The van der Waals surface area contributed by atoms with Gasteiger partial charge >= 0.3 is 5.97 Å². The van der Waals surface area contributed by atoms with Crippen molar-refractivity contribution in [2.75, 3.05) is 13.2 Å². The Balaban J connectivity index is 1.44. The highest BCUT2D eigenvalue weighted by atomic mass is 16.5. The number of amides is 1. The van der Waals surface area contributed by atoms with Gasteiger partial charge in [-0.2, -0.15) is 0 Å². The van der Waals surface area contributed by atoms with Crippen molar-refractivity contribution < 1.29 is 23.5 Å². The fourth-order valence-electron chi connectivity index (χ4n) is 2.44. The summed E-state index contributed by atoms with van der Waals surface area (Å²) in [4.78, 5) is 35.5. The zero-order chi connectivity index (χ0) is 18.4. The van der Waals surface area contributed by atoms with Gasteiger partial charge in [0.2, 0.25) is 0 Å². The molecular formula is C20H17NO5. The molecule has 0 fully saturated rings. The van der Waals surface area contributed by atoms with E-state index in [1.165, 1.54) is 12.3 Å². The van der Waals surface area contributed by atoms with Gasteiger partial charge in [0.05, 0.1) is 12.7 Å². The number of Topliss-reactive ketones (excluding diaryl/α,β-unsaturated/α-hetero) is 1. The summed E-state index contributed by atoms with van der Waals surface area (Å²) in [5.74, 6) is -1.07. The van der Waals surface area contributed by atoms with Crippen molar-refractivity contribution in [1.29, 1.82) is 0 Å². The van der Waals surface area contributed by atoms with Crippen LogP contribution in [0, 0.1) is 0 Å². The van der Waals surface area contributed by atoms with Crippen LogP contribution >= 0.6 is 0 Å². The molecule has 0 saturated carbocycles. The van der Waals surface area contributed by atoms with E-state index in [2.05, 4.69) is 5.32 Å². The third-order valence-corrected chi connectivity index (χ3v) is 3.80. The summed E-state index contributed by atoms with van der Waals surface area (Å²) in [5.41, 5.74) is 0.489. The lowest BCUT2D eigenvalue weighted by Gasteiger charge is -2.06. The van der Waals surface area contributed by atoms with Gasteiger partial charge in [-0.1, -0.05) is 36.4 Å². The summed E-state index contributed by atoms with van der Waals surface area (Å²) >= 11 is 0. The van der Waals surface area contributed by atoms with Gasteiger partial charge in [0.15, 0.2) is 18.2 Å². The fraction of sp³-hybridized carbons (Fsp3) is 0.150. The molecule has 3 rings (SSSR count). The minimum absolute atomic E-state index is 0.0303. The van der Waals surface area contributed by atoms with E-state index in [0.29, 0.717) is 5.56 Å². The number of rotatable bonds is 7. The van der Waals surface area contributed by atoms with E-state index in [-0.39, 0.29) is 31.1 Å². The first kappa shape index (κ1) is 17.4. The maximum absolute atomic E-state index is 12.2. The molecule has 1 aromatic heterocycles. The van der Waals surface area contributed by atoms with E-state index >= 15 is 0 Å². The van der Waals surface area contributed by atoms with Crippen LogP contribution in [-0.4, -0.2) is 30.8 Å². The second-order valence-electron chi connectivity index (χ2n) is 5.63. The van der Waals surface area contributed by atoms with Gasteiger partial charge in [0.25, 0.3) is 5.91 Å². The van der Waals surface area contributed by atoms with Crippen molar-refractivity contribution in [2.24, 2.45) is 0 Å². The van der Waals surface area contributed by atoms with Crippen LogP contribution in [0.5, 0.6) is 0 Å². The number of nitrogens with one attached hydrogen (secondary N) is 1. The molecule has 1 amide bonds. The van der Waals surface area contributed by atoms with Gasteiger partial charge in [-0.25, -0.2) is 0 Å². The number of hydrogen-bond acceptors (Lipinski definition) is 5. The largest absolute Gasteiger partial charge is 0.459 e. The van der Waals surface area contributed by atoms with Crippen LogP contribution < -0.4 is 5.32 Å². The third kappa shape index (κ3) is 4.36. The second kappa shape index (κ2) is 8.11. The Bertz CT molecular complexity index is 930. The minimum atomic E-state index is -0.557. The number of ketones is 1. The number of fused-ring (bicyclic) bond motifs is 1.